The average molecular weight is 507 g/mol. The van der Waals surface area contributed by atoms with Gasteiger partial charge in [0.1, 0.15) is 0 Å². The van der Waals surface area contributed by atoms with Crippen molar-refractivity contribution in [3.05, 3.63) is 35.9 Å². The van der Waals surface area contributed by atoms with Crippen LogP contribution in [0.4, 0.5) is 0 Å². The summed E-state index contributed by atoms with van der Waals surface area (Å²) >= 11 is 0. The molecule has 1 aromatic rings. The van der Waals surface area contributed by atoms with E-state index < -0.39 is 0 Å². The van der Waals surface area contributed by atoms with E-state index >= 15 is 0 Å². The number of benzene rings is 1. The van der Waals surface area contributed by atoms with Crippen LogP contribution >= 0.6 is 24.0 Å². The Hall–Kier alpha value is -0.900. The molecule has 6 nitrogen and oxygen atoms in total. The maximum atomic E-state index is 5.89. The molecule has 1 aromatic carbocycles. The Balaban J connectivity index is 0.00000729. The minimum Gasteiger partial charge on any atom is -0.382 e. The Morgan fingerprint density at radius 2 is 1.79 bits per heavy atom. The van der Waals surface area contributed by atoms with E-state index in [1.165, 1.54) is 5.56 Å². The van der Waals surface area contributed by atoms with Gasteiger partial charge in [-0.05, 0) is 38.7 Å². The molecule has 2 N–H and O–H groups in total. The number of rotatable bonds is 15. The maximum Gasteiger partial charge on any atom is 0.191 e. The van der Waals surface area contributed by atoms with Crippen molar-refractivity contribution in [1.29, 1.82) is 0 Å². The summed E-state index contributed by atoms with van der Waals surface area (Å²) in [4.78, 5) is 4.61. The summed E-state index contributed by atoms with van der Waals surface area (Å²) in [6.45, 7) is 9.45. The first-order valence-electron chi connectivity index (χ1n) is 10.0. The van der Waals surface area contributed by atoms with Crippen LogP contribution in [-0.2, 0) is 14.2 Å². The SMILES string of the molecule is CCNC(=NCCCOC(C)c1ccccc1)NCCCCOCCOC.I. The molecule has 0 saturated heterocycles. The molecular formula is C21H38IN3O3. The zero-order valence-corrected chi connectivity index (χ0v) is 19.9. The zero-order valence-electron chi connectivity index (χ0n) is 17.6. The molecule has 0 fully saturated rings. The molecule has 0 aliphatic carbocycles. The van der Waals surface area contributed by atoms with Crippen molar-refractivity contribution in [3.8, 4) is 0 Å². The van der Waals surface area contributed by atoms with Gasteiger partial charge in [-0.15, -0.1) is 24.0 Å². The third-order valence-corrected chi connectivity index (χ3v) is 3.99. The van der Waals surface area contributed by atoms with Crippen molar-refractivity contribution in [1.82, 2.24) is 10.6 Å². The molecule has 7 heteroatoms. The van der Waals surface area contributed by atoms with Crippen LogP contribution in [0.15, 0.2) is 35.3 Å². The van der Waals surface area contributed by atoms with Crippen molar-refractivity contribution in [3.63, 3.8) is 0 Å². The van der Waals surface area contributed by atoms with E-state index in [1.54, 1.807) is 7.11 Å². The van der Waals surface area contributed by atoms with Gasteiger partial charge in [0, 0.05) is 40.0 Å². The first kappa shape index (κ1) is 27.1. The number of ether oxygens (including phenoxy) is 3. The monoisotopic (exact) mass is 507 g/mol. The van der Waals surface area contributed by atoms with E-state index in [9.17, 15) is 0 Å². The maximum absolute atomic E-state index is 5.89. The van der Waals surface area contributed by atoms with E-state index in [-0.39, 0.29) is 30.1 Å². The predicted octanol–water partition coefficient (Wildman–Crippen LogP) is 3.77. The third kappa shape index (κ3) is 14.1. The van der Waals surface area contributed by atoms with Gasteiger partial charge in [-0.3, -0.25) is 4.99 Å². The molecule has 1 atom stereocenters. The van der Waals surface area contributed by atoms with Crippen LogP contribution in [-0.4, -0.2) is 59.1 Å². The van der Waals surface area contributed by atoms with Gasteiger partial charge in [0.2, 0.25) is 0 Å². The molecule has 1 rings (SSSR count). The number of unbranched alkanes of at least 4 members (excludes halogenated alkanes) is 1. The van der Waals surface area contributed by atoms with Gasteiger partial charge in [-0.25, -0.2) is 0 Å². The van der Waals surface area contributed by atoms with Gasteiger partial charge in [0.15, 0.2) is 5.96 Å². The fraction of sp³-hybridized carbons (Fsp3) is 0.667. The van der Waals surface area contributed by atoms with Crippen LogP contribution < -0.4 is 10.6 Å². The summed E-state index contributed by atoms with van der Waals surface area (Å²) in [6, 6.07) is 10.3. The number of hydrogen-bond acceptors (Lipinski definition) is 4. The molecule has 0 saturated carbocycles. The molecular weight excluding hydrogens is 469 g/mol. The van der Waals surface area contributed by atoms with Crippen LogP contribution in [0.1, 0.15) is 44.8 Å². The number of aliphatic imine (C=N–C) groups is 1. The lowest BCUT2D eigenvalue weighted by molar-refractivity contribution is 0.0652. The number of nitrogens with one attached hydrogen (secondary N) is 2. The Kier molecular flexibility index (Phi) is 18.8. The fourth-order valence-corrected chi connectivity index (χ4v) is 2.46. The molecule has 0 spiro atoms. The van der Waals surface area contributed by atoms with Gasteiger partial charge >= 0.3 is 0 Å². The lowest BCUT2D eigenvalue weighted by Crippen LogP contribution is -2.38. The summed E-state index contributed by atoms with van der Waals surface area (Å²) in [7, 11) is 1.69. The molecule has 0 aromatic heterocycles. The van der Waals surface area contributed by atoms with Crippen LogP contribution in [0, 0.1) is 0 Å². The highest BCUT2D eigenvalue weighted by atomic mass is 127. The van der Waals surface area contributed by atoms with Crippen molar-refractivity contribution >= 4 is 29.9 Å². The summed E-state index contributed by atoms with van der Waals surface area (Å²) in [5.74, 6) is 0.869. The van der Waals surface area contributed by atoms with Gasteiger partial charge in [0.05, 0.1) is 19.3 Å². The van der Waals surface area contributed by atoms with Crippen molar-refractivity contribution in [2.24, 2.45) is 4.99 Å². The van der Waals surface area contributed by atoms with Gasteiger partial charge in [0.25, 0.3) is 0 Å². The Bertz CT molecular complexity index is 489. The highest BCUT2D eigenvalue weighted by Gasteiger charge is 2.04. The minimum absolute atomic E-state index is 0. The molecule has 0 radical (unpaired) electrons. The largest absolute Gasteiger partial charge is 0.382 e. The molecule has 0 bridgehead atoms. The highest BCUT2D eigenvalue weighted by Crippen LogP contribution is 2.15. The molecule has 0 aliphatic heterocycles. The summed E-state index contributed by atoms with van der Waals surface area (Å²) in [5.41, 5.74) is 1.21. The molecule has 0 aliphatic rings. The van der Waals surface area contributed by atoms with E-state index in [1.807, 2.05) is 18.2 Å². The summed E-state index contributed by atoms with van der Waals surface area (Å²) in [6.07, 6.45) is 3.10. The molecule has 0 heterocycles. The number of halogens is 1. The molecule has 162 valence electrons. The Morgan fingerprint density at radius 3 is 2.50 bits per heavy atom. The molecule has 0 amide bonds. The van der Waals surface area contributed by atoms with Crippen molar-refractivity contribution in [2.75, 3.05) is 53.2 Å². The van der Waals surface area contributed by atoms with E-state index in [0.717, 1.165) is 51.5 Å². The minimum atomic E-state index is 0. The van der Waals surface area contributed by atoms with E-state index in [2.05, 4.69) is 41.6 Å². The van der Waals surface area contributed by atoms with Crippen LogP contribution in [0.5, 0.6) is 0 Å². The summed E-state index contributed by atoms with van der Waals surface area (Å²) in [5, 5.41) is 6.64. The molecule has 28 heavy (non-hydrogen) atoms. The second-order valence-electron chi connectivity index (χ2n) is 6.28. The summed E-state index contributed by atoms with van der Waals surface area (Å²) < 4.78 is 16.3. The smallest absolute Gasteiger partial charge is 0.191 e. The number of hydrogen-bond donors (Lipinski definition) is 2. The van der Waals surface area contributed by atoms with Gasteiger partial charge < -0.3 is 24.8 Å². The van der Waals surface area contributed by atoms with E-state index in [0.29, 0.717) is 19.8 Å². The fourth-order valence-electron chi connectivity index (χ4n) is 2.46. The number of guanidine groups is 1. The van der Waals surface area contributed by atoms with Crippen LogP contribution in [0.2, 0.25) is 0 Å². The second kappa shape index (κ2) is 19.4. The van der Waals surface area contributed by atoms with Crippen LogP contribution in [0.25, 0.3) is 0 Å². The topological polar surface area (TPSA) is 64.1 Å². The molecule has 1 unspecified atom stereocenters. The van der Waals surface area contributed by atoms with Gasteiger partial charge in [-0.2, -0.15) is 0 Å². The van der Waals surface area contributed by atoms with Crippen molar-refractivity contribution < 1.29 is 14.2 Å². The quantitative estimate of drug-likeness (QED) is 0.164. The van der Waals surface area contributed by atoms with Gasteiger partial charge in [-0.1, -0.05) is 30.3 Å². The lowest BCUT2D eigenvalue weighted by atomic mass is 10.1. The first-order chi connectivity index (χ1) is 13.3. The Labute approximate surface area is 187 Å². The van der Waals surface area contributed by atoms with Crippen molar-refractivity contribution in [2.45, 2.75) is 39.2 Å². The predicted molar refractivity (Wildman–Crippen MR) is 127 cm³/mol. The van der Waals surface area contributed by atoms with E-state index in [4.69, 9.17) is 14.2 Å². The first-order valence-corrected chi connectivity index (χ1v) is 10.0. The van der Waals surface area contributed by atoms with Crippen LogP contribution in [0.3, 0.4) is 0 Å². The third-order valence-electron chi connectivity index (χ3n) is 3.99. The number of nitrogens with zero attached hydrogens (tertiary/aromatic N) is 1. The Morgan fingerprint density at radius 1 is 1.00 bits per heavy atom. The zero-order chi connectivity index (χ0) is 19.6. The average Bonchev–Trinajstić information content (AvgIpc) is 2.70. The highest BCUT2D eigenvalue weighted by molar-refractivity contribution is 14.0. The normalized spacial score (nSPS) is 12.3. The number of methoxy groups -OCH3 is 1. The standard InChI is InChI=1S/C21H37N3O3.HI/c1-4-22-21(23-13-8-9-15-26-18-17-25-3)24-14-10-16-27-19(2)20-11-6-5-7-12-20;/h5-7,11-12,19H,4,8-10,13-18H2,1-3H3,(H2,22,23,24);1H. The second-order valence-corrected chi connectivity index (χ2v) is 6.28. The lowest BCUT2D eigenvalue weighted by Gasteiger charge is -2.13.